The van der Waals surface area contributed by atoms with E-state index in [0.29, 0.717) is 31.7 Å². The van der Waals surface area contributed by atoms with E-state index in [4.69, 9.17) is 4.74 Å². The number of ether oxygens (including phenoxy) is 1. The Kier molecular flexibility index (Phi) is 7.62. The normalized spacial score (nSPS) is 30.9. The van der Waals surface area contributed by atoms with Gasteiger partial charge in [-0.25, -0.2) is 0 Å². The fourth-order valence-corrected chi connectivity index (χ4v) is 8.64. The van der Waals surface area contributed by atoms with Crippen molar-refractivity contribution < 1.29 is 24.2 Å². The number of amides is 3. The van der Waals surface area contributed by atoms with Crippen molar-refractivity contribution in [1.82, 2.24) is 10.2 Å². The van der Waals surface area contributed by atoms with Crippen LogP contribution in [0.4, 0.5) is 5.69 Å². The zero-order valence-electron chi connectivity index (χ0n) is 21.9. The van der Waals surface area contributed by atoms with Crippen LogP contribution in [0, 0.1) is 17.8 Å². The molecule has 0 aromatic heterocycles. The molecule has 3 aliphatic heterocycles. The topological polar surface area (TPSA) is 108 Å². The summed E-state index contributed by atoms with van der Waals surface area (Å²) in [6, 6.07) is 6.60. The van der Waals surface area contributed by atoms with Gasteiger partial charge in [0.15, 0.2) is 0 Å². The van der Waals surface area contributed by atoms with Crippen LogP contribution in [0.5, 0.6) is 5.75 Å². The number of rotatable bonds is 9. The molecule has 4 rings (SSSR count). The van der Waals surface area contributed by atoms with Gasteiger partial charge >= 0.3 is 0 Å². The number of anilines is 1. The van der Waals surface area contributed by atoms with E-state index >= 15 is 0 Å². The Morgan fingerprint density at radius 2 is 1.89 bits per heavy atom. The third-order valence-corrected chi connectivity index (χ3v) is 9.61. The molecule has 36 heavy (non-hydrogen) atoms. The number of nitrogens with one attached hydrogen (secondary N) is 2. The fraction of sp³-hybridized carbons (Fsp3) is 0.667. The zero-order chi connectivity index (χ0) is 26.3. The van der Waals surface area contributed by atoms with Crippen LogP contribution in [0.2, 0.25) is 0 Å². The molecular weight excluding hydrogens is 478 g/mol. The van der Waals surface area contributed by atoms with Gasteiger partial charge in [0.05, 0.1) is 23.2 Å². The van der Waals surface area contributed by atoms with Crippen LogP contribution < -0.4 is 15.4 Å². The number of carbonyl (C=O) groups is 3. The van der Waals surface area contributed by atoms with Gasteiger partial charge in [-0.05, 0) is 77.1 Å². The standard InChI is InChI=1S/C27H39N3O5S/c1-6-35-18-11-9-17(10-12-18)28-23(32)20-19-15-16(2)27(36-19)21(20)25(34)30(13-7-8-14-31)22(27)24(33)29-26(3,4)5/h9-12,16,19-22,31H,6-8,13-15H2,1-5H3,(H,28,32)(H,29,33)/t16?,19-,20+,21+,22?,27?/m1/s1. The number of hydrogen-bond donors (Lipinski definition) is 3. The Morgan fingerprint density at radius 1 is 1.19 bits per heavy atom. The van der Waals surface area contributed by atoms with Crippen molar-refractivity contribution in [3.05, 3.63) is 24.3 Å². The van der Waals surface area contributed by atoms with Crippen LogP contribution in [0.25, 0.3) is 0 Å². The molecule has 8 nitrogen and oxygen atoms in total. The van der Waals surface area contributed by atoms with Gasteiger partial charge in [0.25, 0.3) is 0 Å². The second kappa shape index (κ2) is 10.2. The second-order valence-electron chi connectivity index (χ2n) is 11.2. The summed E-state index contributed by atoms with van der Waals surface area (Å²) in [6.07, 6.45) is 1.96. The molecule has 1 spiro atoms. The van der Waals surface area contributed by atoms with Gasteiger partial charge in [-0.15, -0.1) is 11.8 Å². The fourth-order valence-electron chi connectivity index (χ4n) is 6.22. The molecule has 1 aromatic carbocycles. The molecule has 0 saturated carbocycles. The summed E-state index contributed by atoms with van der Waals surface area (Å²) in [5.41, 5.74) is 0.214. The SMILES string of the molecule is CCOc1ccc(NC(=O)[C@@H]2[C@H]3C(=O)N(CCCCO)C(C(=O)NC(C)(C)C)C34S[C@@H]2CC4C)cc1. The lowest BCUT2D eigenvalue weighted by atomic mass is 9.65. The summed E-state index contributed by atoms with van der Waals surface area (Å²) in [6.45, 7) is 10.8. The van der Waals surface area contributed by atoms with Crippen LogP contribution in [0.3, 0.4) is 0 Å². The van der Waals surface area contributed by atoms with Crippen LogP contribution >= 0.6 is 11.8 Å². The zero-order valence-corrected chi connectivity index (χ0v) is 22.7. The molecule has 0 radical (unpaired) electrons. The lowest BCUT2D eigenvalue weighted by Crippen LogP contribution is -2.59. The van der Waals surface area contributed by atoms with Gasteiger partial charge in [0.1, 0.15) is 11.8 Å². The monoisotopic (exact) mass is 517 g/mol. The highest BCUT2D eigenvalue weighted by atomic mass is 32.2. The van der Waals surface area contributed by atoms with E-state index in [2.05, 4.69) is 17.6 Å². The first kappa shape index (κ1) is 26.8. The number of thioether (sulfide) groups is 1. The number of unbranched alkanes of at least 4 members (excludes halogenated alkanes) is 1. The summed E-state index contributed by atoms with van der Waals surface area (Å²) >= 11 is 1.67. The van der Waals surface area contributed by atoms with Crippen LogP contribution in [-0.4, -0.2) is 69.1 Å². The third-order valence-electron chi connectivity index (χ3n) is 7.53. The van der Waals surface area contributed by atoms with Crippen molar-refractivity contribution in [3.8, 4) is 5.75 Å². The van der Waals surface area contributed by atoms with Crippen LogP contribution in [0.1, 0.15) is 53.9 Å². The number of likely N-dealkylation sites (tertiary alicyclic amines) is 1. The quantitative estimate of drug-likeness (QED) is 0.435. The Bertz CT molecular complexity index is 994. The van der Waals surface area contributed by atoms with Crippen molar-refractivity contribution >= 4 is 35.2 Å². The summed E-state index contributed by atoms with van der Waals surface area (Å²) in [5.74, 6) is -0.645. The van der Waals surface area contributed by atoms with Gasteiger partial charge in [-0.1, -0.05) is 6.92 Å². The number of fused-ring (bicyclic) bond motifs is 1. The lowest BCUT2D eigenvalue weighted by Gasteiger charge is -2.39. The summed E-state index contributed by atoms with van der Waals surface area (Å²) in [4.78, 5) is 43.0. The minimum Gasteiger partial charge on any atom is -0.494 e. The van der Waals surface area contributed by atoms with Crippen molar-refractivity contribution in [3.63, 3.8) is 0 Å². The molecule has 3 unspecified atom stereocenters. The molecular formula is C27H39N3O5S. The summed E-state index contributed by atoms with van der Waals surface area (Å²) in [5, 5.41) is 15.4. The second-order valence-corrected chi connectivity index (χ2v) is 12.7. The molecule has 3 heterocycles. The van der Waals surface area contributed by atoms with Gasteiger partial charge in [0.2, 0.25) is 17.7 Å². The number of nitrogens with zero attached hydrogens (tertiary/aromatic N) is 1. The maximum atomic E-state index is 13.9. The van der Waals surface area contributed by atoms with E-state index in [0.717, 1.165) is 12.2 Å². The minimum atomic E-state index is -0.642. The predicted octanol–water partition coefficient (Wildman–Crippen LogP) is 3.05. The highest BCUT2D eigenvalue weighted by Crippen LogP contribution is 2.68. The van der Waals surface area contributed by atoms with E-state index in [-0.39, 0.29) is 35.5 Å². The Labute approximate surface area is 217 Å². The van der Waals surface area contributed by atoms with E-state index in [9.17, 15) is 19.5 Å². The number of hydrogen-bond acceptors (Lipinski definition) is 6. The van der Waals surface area contributed by atoms with Gasteiger partial charge in [-0.3, -0.25) is 14.4 Å². The Hall–Kier alpha value is -2.26. The Balaban J connectivity index is 1.63. The smallest absolute Gasteiger partial charge is 0.244 e. The Morgan fingerprint density at radius 3 is 2.50 bits per heavy atom. The number of carbonyl (C=O) groups excluding carboxylic acids is 3. The maximum Gasteiger partial charge on any atom is 0.244 e. The van der Waals surface area contributed by atoms with E-state index in [1.165, 1.54) is 0 Å². The first-order valence-corrected chi connectivity index (χ1v) is 13.9. The molecule has 3 amide bonds. The van der Waals surface area contributed by atoms with E-state index in [1.807, 2.05) is 39.8 Å². The van der Waals surface area contributed by atoms with Crippen molar-refractivity contribution in [1.29, 1.82) is 0 Å². The highest BCUT2D eigenvalue weighted by Gasteiger charge is 2.75. The number of benzene rings is 1. The average molecular weight is 518 g/mol. The molecule has 9 heteroatoms. The van der Waals surface area contributed by atoms with Crippen molar-refractivity contribution in [2.75, 3.05) is 25.1 Å². The highest BCUT2D eigenvalue weighted by molar-refractivity contribution is 8.02. The van der Waals surface area contributed by atoms with Crippen molar-refractivity contribution in [2.24, 2.45) is 17.8 Å². The van der Waals surface area contributed by atoms with E-state index < -0.39 is 28.2 Å². The first-order valence-electron chi connectivity index (χ1n) is 13.0. The largest absolute Gasteiger partial charge is 0.494 e. The molecule has 3 aliphatic rings. The molecule has 0 aliphatic carbocycles. The minimum absolute atomic E-state index is 0.0128. The van der Waals surface area contributed by atoms with Crippen LogP contribution in [-0.2, 0) is 14.4 Å². The van der Waals surface area contributed by atoms with Gasteiger partial charge in [0, 0.05) is 29.6 Å². The van der Waals surface area contributed by atoms with Gasteiger partial charge < -0.3 is 25.4 Å². The van der Waals surface area contributed by atoms with Crippen molar-refractivity contribution in [2.45, 2.75) is 75.5 Å². The molecule has 2 bridgehead atoms. The van der Waals surface area contributed by atoms with E-state index in [1.54, 1.807) is 28.8 Å². The lowest BCUT2D eigenvalue weighted by molar-refractivity contribution is -0.139. The summed E-state index contributed by atoms with van der Waals surface area (Å²) < 4.78 is 4.85. The van der Waals surface area contributed by atoms with Crippen LogP contribution in [0.15, 0.2) is 24.3 Å². The molecule has 3 N–H and O–H groups in total. The molecule has 3 fully saturated rings. The molecule has 1 aromatic rings. The molecule has 3 saturated heterocycles. The molecule has 6 atom stereocenters. The third kappa shape index (κ3) is 4.72. The predicted molar refractivity (Wildman–Crippen MR) is 141 cm³/mol. The first-order chi connectivity index (χ1) is 17.0. The molecule has 198 valence electrons. The summed E-state index contributed by atoms with van der Waals surface area (Å²) in [7, 11) is 0. The average Bonchev–Trinajstić information content (AvgIpc) is 3.38. The number of aliphatic hydroxyl groups is 1. The number of aliphatic hydroxyl groups excluding tert-OH is 1. The maximum absolute atomic E-state index is 13.9. The van der Waals surface area contributed by atoms with Gasteiger partial charge in [-0.2, -0.15) is 0 Å².